The maximum absolute atomic E-state index is 4.38. The number of fused-ring (bicyclic) bond motifs is 2. The number of rotatable bonds is 0. The van der Waals surface area contributed by atoms with Crippen LogP contribution < -0.4 is 0 Å². The predicted molar refractivity (Wildman–Crippen MR) is 90.9 cm³/mol. The molecule has 0 amide bonds. The molecule has 0 aliphatic rings. The molecule has 2 aromatic carbocycles. The summed E-state index contributed by atoms with van der Waals surface area (Å²) >= 11 is 0. The number of benzene rings is 2. The van der Waals surface area contributed by atoms with Crippen molar-refractivity contribution < 1.29 is 0 Å². The number of para-hydroxylation sites is 4. The first-order chi connectivity index (χ1) is 10.6. The molecular weight excluding hydrogens is 272 g/mol. The summed E-state index contributed by atoms with van der Waals surface area (Å²) in [5, 5.41) is 0. The van der Waals surface area contributed by atoms with Crippen LogP contribution in [0.25, 0.3) is 22.1 Å². The van der Waals surface area contributed by atoms with E-state index in [-0.39, 0.29) is 0 Å². The Morgan fingerprint density at radius 3 is 1.36 bits per heavy atom. The smallest absolute Gasteiger partial charge is 0.106 e. The SMILES string of the molecule is Cc1nc2ccccc2n1C.Cc1nc2ccccc2n1C. The maximum Gasteiger partial charge on any atom is 0.106 e. The molecule has 4 rings (SSSR count). The molecule has 0 bridgehead atoms. The Kier molecular flexibility index (Phi) is 3.67. The van der Waals surface area contributed by atoms with Gasteiger partial charge in [0.25, 0.3) is 0 Å². The van der Waals surface area contributed by atoms with E-state index in [4.69, 9.17) is 0 Å². The van der Waals surface area contributed by atoms with Crippen molar-refractivity contribution >= 4 is 22.1 Å². The van der Waals surface area contributed by atoms with Gasteiger partial charge < -0.3 is 9.13 Å². The summed E-state index contributed by atoms with van der Waals surface area (Å²) in [6, 6.07) is 16.3. The normalized spacial score (nSPS) is 10.7. The molecule has 0 aliphatic heterocycles. The molecule has 2 heterocycles. The average molecular weight is 292 g/mol. The molecule has 0 radical (unpaired) electrons. The molecule has 0 spiro atoms. The third kappa shape index (κ3) is 2.48. The molecule has 0 saturated heterocycles. The van der Waals surface area contributed by atoms with Crippen LogP contribution in [-0.2, 0) is 14.1 Å². The van der Waals surface area contributed by atoms with Crippen molar-refractivity contribution in [3.8, 4) is 0 Å². The van der Waals surface area contributed by atoms with Crippen LogP contribution in [0.1, 0.15) is 11.6 Å². The Morgan fingerprint density at radius 1 is 0.636 bits per heavy atom. The lowest BCUT2D eigenvalue weighted by Gasteiger charge is -1.93. The fraction of sp³-hybridized carbons (Fsp3) is 0.222. The highest BCUT2D eigenvalue weighted by Gasteiger charge is 2.01. The van der Waals surface area contributed by atoms with E-state index < -0.39 is 0 Å². The van der Waals surface area contributed by atoms with Gasteiger partial charge in [-0.2, -0.15) is 0 Å². The van der Waals surface area contributed by atoms with Crippen LogP contribution in [0.4, 0.5) is 0 Å². The summed E-state index contributed by atoms with van der Waals surface area (Å²) in [6.45, 7) is 4.03. The van der Waals surface area contributed by atoms with Gasteiger partial charge in [0.05, 0.1) is 22.1 Å². The Hall–Kier alpha value is -2.62. The van der Waals surface area contributed by atoms with Gasteiger partial charge in [-0.3, -0.25) is 0 Å². The Morgan fingerprint density at radius 2 is 1.00 bits per heavy atom. The van der Waals surface area contributed by atoms with Gasteiger partial charge in [0.2, 0.25) is 0 Å². The molecule has 0 aliphatic carbocycles. The topological polar surface area (TPSA) is 35.6 Å². The van der Waals surface area contributed by atoms with Crippen molar-refractivity contribution in [3.63, 3.8) is 0 Å². The number of aryl methyl sites for hydroxylation is 4. The number of aromatic nitrogens is 4. The second-order valence-corrected chi connectivity index (χ2v) is 5.41. The molecule has 22 heavy (non-hydrogen) atoms. The second kappa shape index (κ2) is 5.64. The van der Waals surface area contributed by atoms with Crippen molar-refractivity contribution in [3.05, 3.63) is 60.2 Å². The Balaban J connectivity index is 0.000000131. The van der Waals surface area contributed by atoms with Gasteiger partial charge in [-0.05, 0) is 38.1 Å². The fourth-order valence-electron chi connectivity index (χ4n) is 2.53. The number of nitrogens with zero attached hydrogens (tertiary/aromatic N) is 4. The molecule has 4 heteroatoms. The van der Waals surface area contributed by atoms with E-state index in [1.54, 1.807) is 0 Å². The van der Waals surface area contributed by atoms with Gasteiger partial charge in [-0.15, -0.1) is 0 Å². The first-order valence-corrected chi connectivity index (χ1v) is 7.34. The van der Waals surface area contributed by atoms with Crippen LogP contribution in [0.3, 0.4) is 0 Å². The molecule has 4 nitrogen and oxygen atoms in total. The first kappa shape index (κ1) is 14.3. The summed E-state index contributed by atoms with van der Waals surface area (Å²) in [6.07, 6.45) is 0. The summed E-state index contributed by atoms with van der Waals surface area (Å²) in [5.74, 6) is 2.12. The number of hydrogen-bond acceptors (Lipinski definition) is 2. The molecule has 112 valence electrons. The zero-order valence-corrected chi connectivity index (χ0v) is 13.4. The van der Waals surface area contributed by atoms with Crippen LogP contribution in [0.5, 0.6) is 0 Å². The van der Waals surface area contributed by atoms with Crippen molar-refractivity contribution in [1.82, 2.24) is 19.1 Å². The average Bonchev–Trinajstić information content (AvgIpc) is 2.98. The molecule has 4 aromatic rings. The largest absolute Gasteiger partial charge is 0.331 e. The lowest BCUT2D eigenvalue weighted by molar-refractivity contribution is 0.886. The monoisotopic (exact) mass is 292 g/mol. The molecule has 2 aromatic heterocycles. The van der Waals surface area contributed by atoms with Crippen LogP contribution in [0.15, 0.2) is 48.5 Å². The molecule has 0 saturated carbocycles. The van der Waals surface area contributed by atoms with Crippen LogP contribution >= 0.6 is 0 Å². The molecule has 0 N–H and O–H groups in total. The number of imidazole rings is 2. The van der Waals surface area contributed by atoms with Crippen molar-refractivity contribution in [1.29, 1.82) is 0 Å². The summed E-state index contributed by atoms with van der Waals surface area (Å²) in [7, 11) is 4.06. The molecule has 0 unspecified atom stereocenters. The molecule has 0 atom stereocenters. The van der Waals surface area contributed by atoms with E-state index >= 15 is 0 Å². The van der Waals surface area contributed by atoms with Crippen molar-refractivity contribution in [2.24, 2.45) is 14.1 Å². The van der Waals surface area contributed by atoms with Crippen molar-refractivity contribution in [2.45, 2.75) is 13.8 Å². The van der Waals surface area contributed by atoms with Gasteiger partial charge >= 0.3 is 0 Å². The maximum atomic E-state index is 4.38. The van der Waals surface area contributed by atoms with E-state index in [9.17, 15) is 0 Å². The standard InChI is InChI=1S/2C9H10N2/c2*1-7-10-8-5-3-4-6-9(8)11(7)2/h2*3-6H,1-2H3. The van der Waals surface area contributed by atoms with Crippen molar-refractivity contribution in [2.75, 3.05) is 0 Å². The highest BCUT2D eigenvalue weighted by atomic mass is 15.1. The molecular formula is C18H20N4. The van der Waals surface area contributed by atoms with E-state index in [0.29, 0.717) is 0 Å². The quantitative estimate of drug-likeness (QED) is 0.494. The Labute approximate surface area is 130 Å². The van der Waals surface area contributed by atoms with Gasteiger partial charge in [0, 0.05) is 14.1 Å². The van der Waals surface area contributed by atoms with Crippen LogP contribution in [0, 0.1) is 13.8 Å². The highest BCUT2D eigenvalue weighted by Crippen LogP contribution is 2.13. The predicted octanol–water partition coefficient (Wildman–Crippen LogP) is 3.76. The third-order valence-electron chi connectivity index (χ3n) is 4.02. The van der Waals surface area contributed by atoms with E-state index in [1.165, 1.54) is 11.0 Å². The Bertz CT molecular complexity index is 853. The van der Waals surface area contributed by atoms with Crippen LogP contribution in [0.2, 0.25) is 0 Å². The minimum Gasteiger partial charge on any atom is -0.331 e. The summed E-state index contributed by atoms with van der Waals surface area (Å²) < 4.78 is 4.19. The minimum atomic E-state index is 1.06. The summed E-state index contributed by atoms with van der Waals surface area (Å²) in [5.41, 5.74) is 4.55. The van der Waals surface area contributed by atoms with E-state index in [2.05, 4.69) is 31.2 Å². The second-order valence-electron chi connectivity index (χ2n) is 5.41. The highest BCUT2D eigenvalue weighted by molar-refractivity contribution is 5.76. The lowest BCUT2D eigenvalue weighted by Crippen LogP contribution is -1.89. The lowest BCUT2D eigenvalue weighted by atomic mass is 10.3. The van der Waals surface area contributed by atoms with E-state index in [0.717, 1.165) is 22.7 Å². The van der Waals surface area contributed by atoms with Gasteiger partial charge in [0.15, 0.2) is 0 Å². The zero-order chi connectivity index (χ0) is 15.7. The first-order valence-electron chi connectivity index (χ1n) is 7.34. The number of hydrogen-bond donors (Lipinski definition) is 0. The van der Waals surface area contributed by atoms with Gasteiger partial charge in [-0.1, -0.05) is 24.3 Å². The fourth-order valence-corrected chi connectivity index (χ4v) is 2.53. The minimum absolute atomic E-state index is 1.06. The van der Waals surface area contributed by atoms with E-state index in [1.807, 2.05) is 64.3 Å². The molecule has 0 fully saturated rings. The third-order valence-corrected chi connectivity index (χ3v) is 4.02. The van der Waals surface area contributed by atoms with Gasteiger partial charge in [0.1, 0.15) is 11.6 Å². The summed E-state index contributed by atoms with van der Waals surface area (Å²) in [4.78, 5) is 8.75. The zero-order valence-electron chi connectivity index (χ0n) is 13.4. The van der Waals surface area contributed by atoms with Gasteiger partial charge in [-0.25, -0.2) is 9.97 Å². The van der Waals surface area contributed by atoms with Crippen LogP contribution in [-0.4, -0.2) is 19.1 Å².